The molecule has 1 saturated carbocycles. The molecule has 0 unspecified atom stereocenters. The summed E-state index contributed by atoms with van der Waals surface area (Å²) in [6.45, 7) is 0. The molecule has 1 aliphatic rings. The highest BCUT2D eigenvalue weighted by Crippen LogP contribution is 2.34. The number of aromatic nitrogens is 3. The fraction of sp³-hybridized carbons (Fsp3) is 0.200. The molecular weight excluding hydrogens is 316 g/mol. The van der Waals surface area contributed by atoms with E-state index in [9.17, 15) is 14.7 Å². The second-order valence-corrected chi connectivity index (χ2v) is 6.34. The van der Waals surface area contributed by atoms with Gasteiger partial charge in [0.25, 0.3) is 0 Å². The van der Waals surface area contributed by atoms with E-state index in [1.807, 2.05) is 30.3 Å². The molecule has 1 aliphatic carbocycles. The number of nitrogens with one attached hydrogen (secondary N) is 1. The molecule has 1 aromatic carbocycles. The second-order valence-electron chi connectivity index (χ2n) is 5.34. The summed E-state index contributed by atoms with van der Waals surface area (Å²) in [6, 6.07) is 9.18. The molecule has 8 heteroatoms. The van der Waals surface area contributed by atoms with Gasteiger partial charge in [-0.05, 0) is 25.0 Å². The number of benzene rings is 1. The zero-order valence-corrected chi connectivity index (χ0v) is 12.7. The Labute approximate surface area is 134 Å². The average molecular weight is 328 g/mol. The molecule has 1 fully saturated rings. The van der Waals surface area contributed by atoms with Gasteiger partial charge in [0.1, 0.15) is 4.70 Å². The number of carboxylic acids is 1. The minimum absolute atomic E-state index is 0.0579. The smallest absolute Gasteiger partial charge is 0.358 e. The first kappa shape index (κ1) is 13.9. The van der Waals surface area contributed by atoms with Crippen LogP contribution in [0.5, 0.6) is 0 Å². The van der Waals surface area contributed by atoms with Gasteiger partial charge in [-0.15, -0.1) is 0 Å². The molecule has 1 amide bonds. The number of carbonyl (C=O) groups is 2. The molecule has 4 rings (SSSR count). The van der Waals surface area contributed by atoms with Crippen LogP contribution in [0.2, 0.25) is 0 Å². The molecule has 0 atom stereocenters. The van der Waals surface area contributed by atoms with Crippen molar-refractivity contribution in [2.45, 2.75) is 12.8 Å². The molecule has 7 nitrogen and oxygen atoms in total. The van der Waals surface area contributed by atoms with Gasteiger partial charge in [-0.2, -0.15) is 10.1 Å². The molecule has 116 valence electrons. The van der Waals surface area contributed by atoms with Crippen LogP contribution >= 0.6 is 11.3 Å². The van der Waals surface area contributed by atoms with Crippen LogP contribution in [-0.4, -0.2) is 31.7 Å². The third-order valence-electron chi connectivity index (χ3n) is 3.61. The van der Waals surface area contributed by atoms with Crippen LogP contribution in [0.3, 0.4) is 0 Å². The molecule has 0 aliphatic heterocycles. The largest absolute Gasteiger partial charge is 0.476 e. The maximum Gasteiger partial charge on any atom is 0.358 e. The van der Waals surface area contributed by atoms with Gasteiger partial charge in [0, 0.05) is 5.92 Å². The average Bonchev–Trinajstić information content (AvgIpc) is 3.22. The zero-order valence-electron chi connectivity index (χ0n) is 11.9. The van der Waals surface area contributed by atoms with E-state index in [0.29, 0.717) is 15.5 Å². The van der Waals surface area contributed by atoms with E-state index in [4.69, 9.17) is 0 Å². The number of carboxylic acid groups (broad SMARTS) is 1. The quantitative estimate of drug-likeness (QED) is 0.767. The van der Waals surface area contributed by atoms with E-state index in [0.717, 1.165) is 29.9 Å². The van der Waals surface area contributed by atoms with Gasteiger partial charge in [-0.1, -0.05) is 29.5 Å². The number of nitrogens with zero attached hydrogens (tertiary/aromatic N) is 3. The molecule has 3 aromatic rings. The van der Waals surface area contributed by atoms with Gasteiger partial charge in [0.05, 0.1) is 5.69 Å². The number of hydrogen-bond donors (Lipinski definition) is 2. The van der Waals surface area contributed by atoms with Crippen LogP contribution in [0.1, 0.15) is 23.3 Å². The molecule has 2 N–H and O–H groups in total. The van der Waals surface area contributed by atoms with E-state index in [1.165, 1.54) is 4.68 Å². The van der Waals surface area contributed by atoms with Crippen LogP contribution in [0.25, 0.3) is 16.0 Å². The Morgan fingerprint density at radius 3 is 2.65 bits per heavy atom. The van der Waals surface area contributed by atoms with Crippen molar-refractivity contribution in [3.05, 3.63) is 36.0 Å². The molecule has 2 aromatic heterocycles. The Morgan fingerprint density at radius 2 is 2.00 bits per heavy atom. The monoisotopic (exact) mass is 328 g/mol. The number of thiazole rings is 1. The minimum atomic E-state index is -1.12. The van der Waals surface area contributed by atoms with Gasteiger partial charge in [-0.25, -0.2) is 9.48 Å². The molecule has 0 bridgehead atoms. The normalized spacial score (nSPS) is 14.1. The summed E-state index contributed by atoms with van der Waals surface area (Å²) in [5.74, 6) is -1.11. The van der Waals surface area contributed by atoms with Crippen LogP contribution in [-0.2, 0) is 4.79 Å². The fourth-order valence-electron chi connectivity index (χ4n) is 2.30. The maximum absolute atomic E-state index is 11.9. The maximum atomic E-state index is 11.9. The lowest BCUT2D eigenvalue weighted by Crippen LogP contribution is -2.13. The highest BCUT2D eigenvalue weighted by atomic mass is 32.1. The van der Waals surface area contributed by atoms with Crippen molar-refractivity contribution < 1.29 is 14.7 Å². The van der Waals surface area contributed by atoms with E-state index in [1.54, 1.807) is 0 Å². The minimum Gasteiger partial charge on any atom is -0.476 e. The number of carbonyl (C=O) groups excluding carboxylic acids is 1. The number of fused-ring (bicyclic) bond motifs is 1. The van der Waals surface area contributed by atoms with E-state index in [-0.39, 0.29) is 17.5 Å². The van der Waals surface area contributed by atoms with Crippen LogP contribution in [0.15, 0.2) is 30.3 Å². The van der Waals surface area contributed by atoms with Gasteiger partial charge in [0.15, 0.2) is 16.5 Å². The molecule has 0 radical (unpaired) electrons. The summed E-state index contributed by atoms with van der Waals surface area (Å²) in [6.07, 6.45) is 1.80. The first-order valence-electron chi connectivity index (χ1n) is 7.12. The Bertz CT molecular complexity index is 912. The fourth-order valence-corrected chi connectivity index (χ4v) is 3.22. The lowest BCUT2D eigenvalue weighted by molar-refractivity contribution is -0.117. The van der Waals surface area contributed by atoms with Gasteiger partial charge in [0.2, 0.25) is 5.91 Å². The zero-order chi connectivity index (χ0) is 16.0. The van der Waals surface area contributed by atoms with E-state index < -0.39 is 5.97 Å². The summed E-state index contributed by atoms with van der Waals surface area (Å²) in [5, 5.41) is 16.7. The van der Waals surface area contributed by atoms with Crippen LogP contribution < -0.4 is 5.32 Å². The summed E-state index contributed by atoms with van der Waals surface area (Å²) in [7, 11) is 0. The first-order chi connectivity index (χ1) is 11.1. The molecular formula is C15H12N4O3S. The Hall–Kier alpha value is -2.74. The number of hydrogen-bond acceptors (Lipinski definition) is 5. The number of rotatable bonds is 4. The standard InChI is InChI=1S/C15H12N4O3S/c20-13(8-6-7-8)17-15-16-12-11(23-15)10(14(21)22)18-19(12)9-4-2-1-3-5-9/h1-5,8H,6-7H2,(H,21,22)(H,16,17,20). The van der Waals surface area contributed by atoms with E-state index in [2.05, 4.69) is 15.4 Å². The van der Waals surface area contributed by atoms with Crippen molar-refractivity contribution >= 4 is 38.7 Å². The van der Waals surface area contributed by atoms with Crippen molar-refractivity contribution in [3.63, 3.8) is 0 Å². The number of amides is 1. The molecule has 0 spiro atoms. The van der Waals surface area contributed by atoms with Crippen molar-refractivity contribution in [1.29, 1.82) is 0 Å². The lowest BCUT2D eigenvalue weighted by atomic mass is 10.3. The highest BCUT2D eigenvalue weighted by molar-refractivity contribution is 7.22. The van der Waals surface area contributed by atoms with Crippen LogP contribution in [0.4, 0.5) is 5.13 Å². The summed E-state index contributed by atoms with van der Waals surface area (Å²) >= 11 is 1.13. The third-order valence-corrected chi connectivity index (χ3v) is 4.57. The van der Waals surface area contributed by atoms with Crippen molar-refractivity contribution in [2.75, 3.05) is 5.32 Å². The van der Waals surface area contributed by atoms with Crippen LogP contribution in [0, 0.1) is 5.92 Å². The molecule has 23 heavy (non-hydrogen) atoms. The summed E-state index contributed by atoms with van der Waals surface area (Å²) in [5.41, 5.74) is 1.09. The van der Waals surface area contributed by atoms with Crippen molar-refractivity contribution in [3.8, 4) is 5.69 Å². The predicted octanol–water partition coefficient (Wildman–Crippen LogP) is 2.53. The Balaban J connectivity index is 1.81. The SMILES string of the molecule is O=C(O)c1nn(-c2ccccc2)c2nc(NC(=O)C3CC3)sc12. The number of para-hydroxylation sites is 1. The Morgan fingerprint density at radius 1 is 1.26 bits per heavy atom. The third kappa shape index (κ3) is 2.46. The van der Waals surface area contributed by atoms with E-state index >= 15 is 0 Å². The highest BCUT2D eigenvalue weighted by Gasteiger charge is 2.31. The molecule has 2 heterocycles. The second kappa shape index (κ2) is 5.17. The Kier molecular flexibility index (Phi) is 3.12. The number of aromatic carboxylic acids is 1. The first-order valence-corrected chi connectivity index (χ1v) is 7.94. The summed E-state index contributed by atoms with van der Waals surface area (Å²) < 4.78 is 1.94. The van der Waals surface area contributed by atoms with Crippen molar-refractivity contribution in [2.24, 2.45) is 5.92 Å². The summed E-state index contributed by atoms with van der Waals surface area (Å²) in [4.78, 5) is 27.7. The number of anilines is 1. The van der Waals surface area contributed by atoms with Gasteiger partial charge >= 0.3 is 5.97 Å². The van der Waals surface area contributed by atoms with Gasteiger partial charge < -0.3 is 10.4 Å². The topological polar surface area (TPSA) is 97.1 Å². The molecule has 0 saturated heterocycles. The lowest BCUT2D eigenvalue weighted by Gasteiger charge is -2.01. The van der Waals surface area contributed by atoms with Crippen molar-refractivity contribution in [1.82, 2.24) is 14.8 Å². The predicted molar refractivity (Wildman–Crippen MR) is 85.1 cm³/mol. The van der Waals surface area contributed by atoms with Gasteiger partial charge in [-0.3, -0.25) is 4.79 Å².